The number of carboxylic acid groups (broad SMARTS) is 1. The Morgan fingerprint density at radius 1 is 1.57 bits per heavy atom. The second kappa shape index (κ2) is 3.63. The molecule has 0 fully saturated rings. The minimum absolute atomic E-state index is 0.0103. The first-order valence-corrected chi connectivity index (χ1v) is 3.97. The highest BCUT2D eigenvalue weighted by atomic mass is 19.1. The number of nitrogen functional groups attached to an aromatic ring is 1. The number of benzene rings is 1. The summed E-state index contributed by atoms with van der Waals surface area (Å²) >= 11 is 0. The molecule has 5 N–H and O–H groups in total. The predicted octanol–water partition coefficient (Wildman–Crippen LogP) is 0.801. The van der Waals surface area contributed by atoms with Gasteiger partial charge < -0.3 is 16.6 Å². The quantitative estimate of drug-likeness (QED) is 0.613. The van der Waals surface area contributed by atoms with Gasteiger partial charge >= 0.3 is 5.97 Å². The average molecular weight is 198 g/mol. The lowest BCUT2D eigenvalue weighted by Gasteiger charge is -2.11. The Morgan fingerprint density at radius 3 is 2.64 bits per heavy atom. The molecule has 1 rings (SSSR count). The lowest BCUT2D eigenvalue weighted by molar-refractivity contribution is -0.138. The van der Waals surface area contributed by atoms with E-state index in [0.29, 0.717) is 5.56 Å². The molecule has 0 aliphatic heterocycles. The van der Waals surface area contributed by atoms with Gasteiger partial charge in [0.1, 0.15) is 11.9 Å². The van der Waals surface area contributed by atoms with Crippen LogP contribution in [0.4, 0.5) is 10.1 Å². The summed E-state index contributed by atoms with van der Waals surface area (Å²) in [4.78, 5) is 10.6. The zero-order valence-corrected chi connectivity index (χ0v) is 7.62. The Balaban J connectivity index is 3.22. The molecular weight excluding hydrogens is 187 g/mol. The summed E-state index contributed by atoms with van der Waals surface area (Å²) in [5.74, 6) is -1.85. The van der Waals surface area contributed by atoms with Crippen molar-refractivity contribution >= 4 is 11.7 Å². The van der Waals surface area contributed by atoms with Crippen LogP contribution in [-0.2, 0) is 4.79 Å². The van der Waals surface area contributed by atoms with Crippen LogP contribution in [0.15, 0.2) is 12.1 Å². The number of halogens is 1. The number of carbonyl (C=O) groups is 1. The molecule has 0 aliphatic carbocycles. The largest absolute Gasteiger partial charge is 0.480 e. The minimum atomic E-state index is -1.22. The van der Waals surface area contributed by atoms with Crippen LogP contribution in [0.3, 0.4) is 0 Å². The Kier molecular flexibility index (Phi) is 2.71. The molecule has 0 unspecified atom stereocenters. The molecule has 1 aromatic carbocycles. The maximum Gasteiger partial charge on any atom is 0.325 e. The highest BCUT2D eigenvalue weighted by Crippen LogP contribution is 2.21. The van der Waals surface area contributed by atoms with Gasteiger partial charge in [-0.25, -0.2) is 4.39 Å². The van der Waals surface area contributed by atoms with Crippen molar-refractivity contribution in [1.29, 1.82) is 0 Å². The Bertz CT molecular complexity index is 379. The van der Waals surface area contributed by atoms with Gasteiger partial charge in [-0.05, 0) is 30.2 Å². The molecule has 0 saturated heterocycles. The summed E-state index contributed by atoms with van der Waals surface area (Å²) in [6.07, 6.45) is 0. The van der Waals surface area contributed by atoms with Crippen LogP contribution in [0.5, 0.6) is 0 Å². The van der Waals surface area contributed by atoms with E-state index < -0.39 is 17.8 Å². The maximum absolute atomic E-state index is 13.0. The zero-order valence-electron chi connectivity index (χ0n) is 7.62. The second-order valence-corrected chi connectivity index (χ2v) is 3.05. The highest BCUT2D eigenvalue weighted by Gasteiger charge is 2.18. The molecule has 4 nitrogen and oxygen atoms in total. The lowest BCUT2D eigenvalue weighted by Crippen LogP contribution is -2.22. The van der Waals surface area contributed by atoms with Crippen molar-refractivity contribution in [2.45, 2.75) is 13.0 Å². The van der Waals surface area contributed by atoms with Crippen LogP contribution in [-0.4, -0.2) is 11.1 Å². The van der Waals surface area contributed by atoms with Crippen molar-refractivity contribution in [3.05, 3.63) is 29.1 Å². The van der Waals surface area contributed by atoms with Crippen LogP contribution in [0.25, 0.3) is 0 Å². The van der Waals surface area contributed by atoms with Crippen LogP contribution in [0.2, 0.25) is 0 Å². The third kappa shape index (κ3) is 1.82. The number of anilines is 1. The van der Waals surface area contributed by atoms with Crippen molar-refractivity contribution in [3.63, 3.8) is 0 Å². The monoisotopic (exact) mass is 198 g/mol. The van der Waals surface area contributed by atoms with E-state index in [1.54, 1.807) is 6.92 Å². The summed E-state index contributed by atoms with van der Waals surface area (Å²) in [5.41, 5.74) is 11.5. The molecular formula is C9H11FN2O2. The van der Waals surface area contributed by atoms with Gasteiger partial charge in [0.15, 0.2) is 0 Å². The van der Waals surface area contributed by atoms with Crippen molar-refractivity contribution in [2.24, 2.45) is 5.73 Å². The van der Waals surface area contributed by atoms with Gasteiger partial charge in [0, 0.05) is 0 Å². The van der Waals surface area contributed by atoms with E-state index in [2.05, 4.69) is 0 Å². The van der Waals surface area contributed by atoms with Gasteiger partial charge in [-0.2, -0.15) is 0 Å². The lowest BCUT2D eigenvalue weighted by atomic mass is 10.0. The van der Waals surface area contributed by atoms with Gasteiger partial charge in [0.2, 0.25) is 0 Å². The Morgan fingerprint density at radius 2 is 2.14 bits per heavy atom. The van der Waals surface area contributed by atoms with E-state index in [9.17, 15) is 9.18 Å². The van der Waals surface area contributed by atoms with Gasteiger partial charge in [-0.15, -0.1) is 0 Å². The maximum atomic E-state index is 13.0. The number of nitrogens with two attached hydrogens (primary N) is 2. The number of aliphatic carboxylic acids is 1. The molecule has 0 amide bonds. The van der Waals surface area contributed by atoms with E-state index in [1.807, 2.05) is 0 Å². The minimum Gasteiger partial charge on any atom is -0.480 e. The van der Waals surface area contributed by atoms with Crippen LogP contribution < -0.4 is 11.5 Å². The topological polar surface area (TPSA) is 89.3 Å². The summed E-state index contributed by atoms with van der Waals surface area (Å²) in [6.45, 7) is 1.63. The van der Waals surface area contributed by atoms with E-state index in [1.165, 1.54) is 6.07 Å². The third-order valence-electron chi connectivity index (χ3n) is 1.99. The summed E-state index contributed by atoms with van der Waals surface area (Å²) in [5, 5.41) is 8.64. The van der Waals surface area contributed by atoms with Crippen LogP contribution >= 0.6 is 0 Å². The SMILES string of the molecule is Cc1cc(N)c(F)cc1[C@@H](N)C(=O)O. The molecule has 0 radical (unpaired) electrons. The summed E-state index contributed by atoms with van der Waals surface area (Å²) in [7, 11) is 0. The van der Waals surface area contributed by atoms with Gasteiger partial charge in [-0.1, -0.05) is 0 Å². The smallest absolute Gasteiger partial charge is 0.325 e. The average Bonchev–Trinajstić information content (AvgIpc) is 2.10. The predicted molar refractivity (Wildman–Crippen MR) is 50.1 cm³/mol. The van der Waals surface area contributed by atoms with E-state index >= 15 is 0 Å². The molecule has 5 heteroatoms. The standard InChI is InChI=1S/C9H11FN2O2/c1-4-2-7(11)6(10)3-5(4)8(12)9(13)14/h2-3,8H,11-12H2,1H3,(H,13,14)/t8-/m1/s1. The van der Waals surface area contributed by atoms with Crippen molar-refractivity contribution in [2.75, 3.05) is 5.73 Å². The van der Waals surface area contributed by atoms with Crippen molar-refractivity contribution in [1.82, 2.24) is 0 Å². The highest BCUT2D eigenvalue weighted by molar-refractivity contribution is 5.76. The molecule has 0 aromatic heterocycles. The van der Waals surface area contributed by atoms with Crippen molar-refractivity contribution in [3.8, 4) is 0 Å². The molecule has 0 bridgehead atoms. The second-order valence-electron chi connectivity index (χ2n) is 3.05. The fourth-order valence-electron chi connectivity index (χ4n) is 1.19. The molecule has 76 valence electrons. The first kappa shape index (κ1) is 10.5. The van der Waals surface area contributed by atoms with E-state index in [0.717, 1.165) is 6.07 Å². The van der Waals surface area contributed by atoms with Gasteiger partial charge in [0.05, 0.1) is 5.69 Å². The first-order chi connectivity index (χ1) is 6.43. The molecule has 0 aliphatic rings. The number of carboxylic acids is 1. The fraction of sp³-hybridized carbons (Fsp3) is 0.222. The Hall–Kier alpha value is -1.62. The summed E-state index contributed by atoms with van der Waals surface area (Å²) in [6, 6.07) is 1.21. The third-order valence-corrected chi connectivity index (χ3v) is 1.99. The zero-order chi connectivity index (χ0) is 10.9. The molecule has 14 heavy (non-hydrogen) atoms. The number of rotatable bonds is 2. The van der Waals surface area contributed by atoms with E-state index in [4.69, 9.17) is 16.6 Å². The van der Waals surface area contributed by atoms with E-state index in [-0.39, 0.29) is 11.3 Å². The number of hydrogen-bond acceptors (Lipinski definition) is 3. The van der Waals surface area contributed by atoms with Gasteiger partial charge in [-0.3, -0.25) is 4.79 Å². The van der Waals surface area contributed by atoms with Crippen molar-refractivity contribution < 1.29 is 14.3 Å². The molecule has 0 spiro atoms. The Labute approximate surface area is 80.3 Å². The van der Waals surface area contributed by atoms with Gasteiger partial charge in [0.25, 0.3) is 0 Å². The van der Waals surface area contributed by atoms with Crippen LogP contribution in [0, 0.1) is 12.7 Å². The normalized spacial score (nSPS) is 12.5. The summed E-state index contributed by atoms with van der Waals surface area (Å²) < 4.78 is 13.0. The molecule has 1 atom stereocenters. The number of aryl methyl sites for hydroxylation is 1. The fourth-order valence-corrected chi connectivity index (χ4v) is 1.19. The molecule has 0 saturated carbocycles. The number of hydrogen-bond donors (Lipinski definition) is 3. The molecule has 1 aromatic rings. The van der Waals surface area contributed by atoms with Crippen LogP contribution in [0.1, 0.15) is 17.2 Å². The first-order valence-electron chi connectivity index (χ1n) is 3.97. The molecule has 0 heterocycles.